The number of aliphatic hydroxyl groups is 1. The average molecular weight is 483 g/mol. The smallest absolute Gasteiger partial charge is 0.364 e. The normalized spacial score (nSPS) is 33.8. The van der Waals surface area contributed by atoms with Gasteiger partial charge in [0.2, 0.25) is 0 Å². The third kappa shape index (κ3) is 6.48. The van der Waals surface area contributed by atoms with Crippen molar-refractivity contribution < 1.29 is 23.1 Å². The molecule has 2 fully saturated rings. The second kappa shape index (κ2) is 11.3. The molecule has 1 unspecified atom stereocenters. The maximum atomic E-state index is 14.7. The number of aliphatic hydroxyl groups excluding tert-OH is 1. The van der Waals surface area contributed by atoms with E-state index in [9.17, 15) is 14.1 Å². The minimum atomic E-state index is -4.09. The molecule has 8 atom stereocenters. The summed E-state index contributed by atoms with van der Waals surface area (Å²) < 4.78 is 41.9. The molecule has 0 radical (unpaired) electrons. The summed E-state index contributed by atoms with van der Waals surface area (Å²) >= 11 is 0. The summed E-state index contributed by atoms with van der Waals surface area (Å²) in [7, 11) is -4.09. The molecule has 33 heavy (non-hydrogen) atoms. The van der Waals surface area contributed by atoms with E-state index in [0.29, 0.717) is 23.7 Å². The predicted octanol–water partition coefficient (Wildman–Crippen LogP) is 7.96. The summed E-state index contributed by atoms with van der Waals surface area (Å²) in [6.45, 7) is 13.0. The summed E-state index contributed by atoms with van der Waals surface area (Å²) in [6.07, 6.45) is 5.20. The van der Waals surface area contributed by atoms with Crippen LogP contribution in [0.15, 0.2) is 24.3 Å². The second-order valence-corrected chi connectivity index (χ2v) is 13.4. The Hall–Kier alpha value is -0.740. The number of halogens is 1. The lowest BCUT2D eigenvalue weighted by Gasteiger charge is -2.42. The Labute approximate surface area is 200 Å². The standard InChI is InChI=1S/C27H44FO4P/c1-17(2)21-13-11-19(5)15-25(21)31-33(30,27(29)23-9-7-8-10-24(23)28)32-26-16-20(6)12-14-22(26)18(3)4/h7-10,17-22,25-27,29H,11-16H2,1-6H3/t19-,20-,21-,22+,25-,26-,27-,33?/m1/s1. The topological polar surface area (TPSA) is 55.8 Å². The SMILES string of the molecule is CC(C)[C@H]1CC[C@@H](C)C[C@H]1OP(=O)(O[C@@H]1C[C@H](C)CC[C@H]1C(C)C)[C@@H](O)c1ccccc1F. The van der Waals surface area contributed by atoms with Crippen molar-refractivity contribution in [2.75, 3.05) is 0 Å². The van der Waals surface area contributed by atoms with Crippen LogP contribution in [0.4, 0.5) is 4.39 Å². The highest BCUT2D eigenvalue weighted by molar-refractivity contribution is 7.54. The van der Waals surface area contributed by atoms with Gasteiger partial charge in [-0.3, -0.25) is 4.57 Å². The van der Waals surface area contributed by atoms with Crippen LogP contribution in [0, 0.1) is 41.3 Å². The minimum absolute atomic E-state index is 0.0178. The molecular formula is C27H44FO4P. The van der Waals surface area contributed by atoms with Crippen LogP contribution in [-0.2, 0) is 13.6 Å². The van der Waals surface area contributed by atoms with E-state index >= 15 is 0 Å². The van der Waals surface area contributed by atoms with Crippen molar-refractivity contribution in [3.05, 3.63) is 35.6 Å². The lowest BCUT2D eigenvalue weighted by Crippen LogP contribution is -2.37. The molecule has 2 aliphatic rings. The molecule has 0 spiro atoms. The van der Waals surface area contributed by atoms with Crippen molar-refractivity contribution in [3.8, 4) is 0 Å². The van der Waals surface area contributed by atoms with E-state index in [1.807, 2.05) is 0 Å². The summed E-state index contributed by atoms with van der Waals surface area (Å²) in [4.78, 5) is 0. The Bertz CT molecular complexity index is 775. The van der Waals surface area contributed by atoms with Gasteiger partial charge in [-0.25, -0.2) is 4.39 Å². The monoisotopic (exact) mass is 482 g/mol. The third-order valence-corrected chi connectivity index (χ3v) is 9.98. The fraction of sp³-hybridized carbons (Fsp3) is 0.778. The first kappa shape index (κ1) is 26.9. The van der Waals surface area contributed by atoms with Gasteiger partial charge < -0.3 is 14.2 Å². The van der Waals surface area contributed by atoms with E-state index in [1.165, 1.54) is 12.1 Å². The van der Waals surface area contributed by atoms with Crippen LogP contribution in [0.2, 0.25) is 0 Å². The molecule has 3 rings (SSSR count). The van der Waals surface area contributed by atoms with Gasteiger partial charge in [-0.15, -0.1) is 0 Å². The molecular weight excluding hydrogens is 438 g/mol. The molecule has 0 heterocycles. The van der Waals surface area contributed by atoms with Crippen molar-refractivity contribution in [2.45, 2.75) is 98.1 Å². The van der Waals surface area contributed by atoms with Crippen LogP contribution in [-0.4, -0.2) is 17.3 Å². The van der Waals surface area contributed by atoms with Gasteiger partial charge in [-0.05, 0) is 67.3 Å². The molecule has 1 N–H and O–H groups in total. The van der Waals surface area contributed by atoms with E-state index in [0.717, 1.165) is 38.5 Å². The molecule has 0 aromatic heterocycles. The van der Waals surface area contributed by atoms with Gasteiger partial charge in [0.1, 0.15) is 5.82 Å². The molecule has 0 amide bonds. The fourth-order valence-corrected chi connectivity index (χ4v) is 7.91. The lowest BCUT2D eigenvalue weighted by atomic mass is 9.75. The van der Waals surface area contributed by atoms with E-state index in [4.69, 9.17) is 9.05 Å². The maximum absolute atomic E-state index is 14.7. The number of hydrogen-bond donors (Lipinski definition) is 1. The Morgan fingerprint density at radius 3 is 1.76 bits per heavy atom. The molecule has 4 nitrogen and oxygen atoms in total. The zero-order valence-corrected chi connectivity index (χ0v) is 22.1. The van der Waals surface area contributed by atoms with E-state index in [1.54, 1.807) is 12.1 Å². The average Bonchev–Trinajstić information content (AvgIpc) is 2.73. The van der Waals surface area contributed by atoms with Crippen LogP contribution in [0.3, 0.4) is 0 Å². The molecule has 1 aromatic rings. The van der Waals surface area contributed by atoms with Crippen molar-refractivity contribution in [2.24, 2.45) is 35.5 Å². The molecule has 0 saturated heterocycles. The van der Waals surface area contributed by atoms with Crippen LogP contribution in [0.5, 0.6) is 0 Å². The lowest BCUT2D eigenvalue weighted by molar-refractivity contribution is -0.0156. The summed E-state index contributed by atoms with van der Waals surface area (Å²) in [5, 5.41) is 11.3. The first-order valence-corrected chi connectivity index (χ1v) is 14.5. The van der Waals surface area contributed by atoms with Crippen molar-refractivity contribution >= 4 is 7.60 Å². The van der Waals surface area contributed by atoms with Gasteiger partial charge in [0.05, 0.1) is 12.2 Å². The van der Waals surface area contributed by atoms with Gasteiger partial charge >= 0.3 is 7.60 Å². The number of hydrogen-bond acceptors (Lipinski definition) is 4. The minimum Gasteiger partial charge on any atom is -0.376 e. The molecule has 2 saturated carbocycles. The molecule has 6 heteroatoms. The largest absolute Gasteiger partial charge is 0.376 e. The number of rotatable bonds is 8. The highest BCUT2D eigenvalue weighted by Gasteiger charge is 2.47. The van der Waals surface area contributed by atoms with Crippen molar-refractivity contribution in [1.29, 1.82) is 0 Å². The predicted molar refractivity (Wildman–Crippen MR) is 131 cm³/mol. The van der Waals surface area contributed by atoms with Gasteiger partial charge in [0, 0.05) is 5.56 Å². The van der Waals surface area contributed by atoms with Gasteiger partial charge in [-0.2, -0.15) is 0 Å². The summed E-state index contributed by atoms with van der Waals surface area (Å²) in [5.41, 5.74) is -0.0178. The quantitative estimate of drug-likeness (QED) is 0.382. The Morgan fingerprint density at radius 2 is 1.33 bits per heavy atom. The van der Waals surface area contributed by atoms with Crippen LogP contribution in [0.1, 0.15) is 91.5 Å². The van der Waals surface area contributed by atoms with Gasteiger partial charge in [-0.1, -0.05) is 72.6 Å². The zero-order valence-electron chi connectivity index (χ0n) is 21.2. The first-order valence-electron chi connectivity index (χ1n) is 12.9. The number of benzene rings is 1. The first-order chi connectivity index (χ1) is 15.5. The van der Waals surface area contributed by atoms with Gasteiger partial charge in [0.15, 0.2) is 5.85 Å². The van der Waals surface area contributed by atoms with E-state index in [-0.39, 0.29) is 29.6 Å². The second-order valence-electron chi connectivity index (χ2n) is 11.4. The van der Waals surface area contributed by atoms with Crippen LogP contribution >= 0.6 is 7.60 Å². The third-order valence-electron chi connectivity index (χ3n) is 7.97. The maximum Gasteiger partial charge on any atom is 0.364 e. The van der Waals surface area contributed by atoms with E-state index < -0.39 is 19.3 Å². The summed E-state index contributed by atoms with van der Waals surface area (Å²) in [6, 6.07) is 5.97. The Balaban J connectivity index is 1.96. The van der Waals surface area contributed by atoms with Crippen molar-refractivity contribution in [1.82, 2.24) is 0 Å². The Morgan fingerprint density at radius 1 is 0.879 bits per heavy atom. The zero-order chi connectivity index (χ0) is 24.3. The molecule has 188 valence electrons. The molecule has 0 bridgehead atoms. The molecule has 2 aliphatic carbocycles. The Kier molecular flexibility index (Phi) is 9.22. The summed E-state index contributed by atoms with van der Waals surface area (Å²) in [5.74, 6) is -0.154. The fourth-order valence-electron chi connectivity index (χ4n) is 5.84. The molecule has 0 aliphatic heterocycles. The highest BCUT2D eigenvalue weighted by atomic mass is 31.2. The van der Waals surface area contributed by atoms with Crippen molar-refractivity contribution in [3.63, 3.8) is 0 Å². The van der Waals surface area contributed by atoms with Crippen LogP contribution in [0.25, 0.3) is 0 Å². The van der Waals surface area contributed by atoms with Crippen LogP contribution < -0.4 is 0 Å². The highest BCUT2D eigenvalue weighted by Crippen LogP contribution is 2.64. The van der Waals surface area contributed by atoms with E-state index in [2.05, 4.69) is 41.5 Å². The van der Waals surface area contributed by atoms with Gasteiger partial charge in [0.25, 0.3) is 0 Å². The molecule has 1 aromatic carbocycles.